The zero-order valence-corrected chi connectivity index (χ0v) is 15.2. The van der Waals surface area contributed by atoms with Crippen LogP contribution in [0.4, 0.5) is 10.5 Å². The normalized spacial score (nSPS) is 20.0. The lowest BCUT2D eigenvalue weighted by Gasteiger charge is -2.18. The maximum Gasteiger partial charge on any atom is 0.315 e. The third kappa shape index (κ3) is 4.53. The highest BCUT2D eigenvalue weighted by atomic mass is 16.2. The van der Waals surface area contributed by atoms with E-state index in [1.807, 2.05) is 36.1 Å². The van der Waals surface area contributed by atoms with Crippen molar-refractivity contribution in [2.24, 2.45) is 0 Å². The maximum absolute atomic E-state index is 12.2. The summed E-state index contributed by atoms with van der Waals surface area (Å²) in [4.78, 5) is 39.3. The van der Waals surface area contributed by atoms with Crippen LogP contribution in [0.5, 0.6) is 0 Å². The summed E-state index contributed by atoms with van der Waals surface area (Å²) in [6.45, 7) is 4.51. The Morgan fingerprint density at radius 2 is 1.96 bits per heavy atom. The van der Waals surface area contributed by atoms with Crippen molar-refractivity contribution < 1.29 is 14.4 Å². The summed E-state index contributed by atoms with van der Waals surface area (Å²) in [6.07, 6.45) is 2.61. The molecular weight excluding hydrogens is 332 g/mol. The fourth-order valence-corrected chi connectivity index (χ4v) is 3.43. The first-order valence-corrected chi connectivity index (χ1v) is 9.22. The van der Waals surface area contributed by atoms with Crippen molar-refractivity contribution in [3.8, 4) is 0 Å². The number of likely N-dealkylation sites (tertiary alicyclic amines) is 1. The second-order valence-corrected chi connectivity index (χ2v) is 6.98. The Balaban J connectivity index is 1.38. The molecule has 7 nitrogen and oxygen atoms in total. The summed E-state index contributed by atoms with van der Waals surface area (Å²) in [7, 11) is 0. The van der Waals surface area contributed by atoms with Crippen LogP contribution in [-0.2, 0) is 9.59 Å². The van der Waals surface area contributed by atoms with E-state index in [4.69, 9.17) is 0 Å². The molecule has 1 aromatic carbocycles. The third-order valence-electron chi connectivity index (χ3n) is 4.87. The summed E-state index contributed by atoms with van der Waals surface area (Å²) in [5.74, 6) is 0.224. The quantitative estimate of drug-likeness (QED) is 0.755. The molecular formula is C19H26N4O3. The minimum absolute atomic E-state index is 0.0201. The monoisotopic (exact) mass is 358 g/mol. The number of hydrogen-bond donors (Lipinski definition) is 2. The van der Waals surface area contributed by atoms with Gasteiger partial charge in [-0.2, -0.15) is 0 Å². The van der Waals surface area contributed by atoms with Crippen molar-refractivity contribution in [2.45, 2.75) is 38.6 Å². The predicted octanol–water partition coefficient (Wildman–Crippen LogP) is 1.41. The molecule has 140 valence electrons. The van der Waals surface area contributed by atoms with Crippen LogP contribution in [0.3, 0.4) is 0 Å². The average Bonchev–Trinajstić information content (AvgIpc) is 3.18. The molecule has 0 radical (unpaired) electrons. The molecule has 1 atom stereocenters. The number of amides is 4. The van der Waals surface area contributed by atoms with Gasteiger partial charge < -0.3 is 20.4 Å². The molecule has 2 fully saturated rings. The van der Waals surface area contributed by atoms with Crippen LogP contribution in [0.25, 0.3) is 0 Å². The maximum atomic E-state index is 12.2. The summed E-state index contributed by atoms with van der Waals surface area (Å²) in [5, 5.41) is 5.67. The van der Waals surface area contributed by atoms with Crippen molar-refractivity contribution in [2.75, 3.05) is 31.1 Å². The van der Waals surface area contributed by atoms with Gasteiger partial charge in [0.2, 0.25) is 11.8 Å². The van der Waals surface area contributed by atoms with E-state index in [0.29, 0.717) is 32.5 Å². The SMILES string of the molecule is Cc1ccc(N2C[C@H](NC(=O)NCCCN3CCCC3=O)CC2=O)cc1. The predicted molar refractivity (Wildman–Crippen MR) is 98.9 cm³/mol. The van der Waals surface area contributed by atoms with E-state index < -0.39 is 0 Å². The molecule has 3 rings (SSSR count). The smallest absolute Gasteiger partial charge is 0.315 e. The minimum Gasteiger partial charge on any atom is -0.343 e. The number of hydrogen-bond acceptors (Lipinski definition) is 3. The zero-order valence-electron chi connectivity index (χ0n) is 15.2. The fourth-order valence-electron chi connectivity index (χ4n) is 3.43. The molecule has 0 unspecified atom stereocenters. The van der Waals surface area contributed by atoms with Crippen LogP contribution in [-0.4, -0.2) is 55.0 Å². The molecule has 0 saturated carbocycles. The van der Waals surface area contributed by atoms with Gasteiger partial charge >= 0.3 is 6.03 Å². The Hall–Kier alpha value is -2.57. The number of carbonyl (C=O) groups excluding carboxylic acids is 3. The average molecular weight is 358 g/mol. The van der Waals surface area contributed by atoms with Crippen LogP contribution in [0.1, 0.15) is 31.2 Å². The second kappa shape index (κ2) is 8.21. The molecule has 2 N–H and O–H groups in total. The van der Waals surface area contributed by atoms with Gasteiger partial charge in [0.05, 0.1) is 6.04 Å². The van der Waals surface area contributed by atoms with Crippen molar-refractivity contribution in [1.82, 2.24) is 15.5 Å². The van der Waals surface area contributed by atoms with Gasteiger partial charge in [0, 0.05) is 44.7 Å². The van der Waals surface area contributed by atoms with Crippen molar-refractivity contribution in [3.63, 3.8) is 0 Å². The highest BCUT2D eigenvalue weighted by Crippen LogP contribution is 2.21. The Morgan fingerprint density at radius 3 is 2.65 bits per heavy atom. The third-order valence-corrected chi connectivity index (χ3v) is 4.87. The Kier molecular flexibility index (Phi) is 5.75. The lowest BCUT2D eigenvalue weighted by atomic mass is 10.2. The number of carbonyl (C=O) groups is 3. The molecule has 2 heterocycles. The van der Waals surface area contributed by atoms with E-state index in [9.17, 15) is 14.4 Å². The minimum atomic E-state index is -0.263. The van der Waals surface area contributed by atoms with E-state index in [-0.39, 0.29) is 23.9 Å². The summed E-state index contributed by atoms with van der Waals surface area (Å²) < 4.78 is 0. The molecule has 2 aliphatic rings. The largest absolute Gasteiger partial charge is 0.343 e. The topological polar surface area (TPSA) is 81.8 Å². The Bertz CT molecular complexity index is 674. The summed E-state index contributed by atoms with van der Waals surface area (Å²) in [5.41, 5.74) is 2.01. The second-order valence-electron chi connectivity index (χ2n) is 6.98. The van der Waals surface area contributed by atoms with Gasteiger partial charge in [-0.15, -0.1) is 0 Å². The van der Waals surface area contributed by atoms with E-state index >= 15 is 0 Å². The van der Waals surface area contributed by atoms with Gasteiger partial charge in [-0.25, -0.2) is 4.79 Å². The summed E-state index contributed by atoms with van der Waals surface area (Å²) in [6, 6.07) is 7.35. The number of rotatable bonds is 6. The van der Waals surface area contributed by atoms with Gasteiger partial charge in [0.1, 0.15) is 0 Å². The number of aryl methyl sites for hydroxylation is 1. The standard InChI is InChI=1S/C19H26N4O3/c1-14-5-7-16(8-6-14)23-13-15(12-18(23)25)21-19(26)20-9-3-11-22-10-2-4-17(22)24/h5-8,15H,2-4,9-13H2,1H3,(H2,20,21,26)/t15-/m1/s1. The zero-order chi connectivity index (χ0) is 18.5. The first kappa shape index (κ1) is 18.2. The van der Waals surface area contributed by atoms with Crippen molar-refractivity contribution in [3.05, 3.63) is 29.8 Å². The highest BCUT2D eigenvalue weighted by molar-refractivity contribution is 5.96. The van der Waals surface area contributed by atoms with Crippen LogP contribution in [0.15, 0.2) is 24.3 Å². The van der Waals surface area contributed by atoms with Crippen molar-refractivity contribution >= 4 is 23.5 Å². The van der Waals surface area contributed by atoms with Crippen LogP contribution < -0.4 is 15.5 Å². The molecule has 2 saturated heterocycles. The first-order valence-electron chi connectivity index (χ1n) is 9.22. The van der Waals surface area contributed by atoms with Gasteiger partial charge in [-0.05, 0) is 31.9 Å². The molecule has 1 aromatic rings. The first-order chi connectivity index (χ1) is 12.5. The van der Waals surface area contributed by atoms with E-state index in [1.54, 1.807) is 4.90 Å². The van der Waals surface area contributed by atoms with Gasteiger partial charge in [0.15, 0.2) is 0 Å². The highest BCUT2D eigenvalue weighted by Gasteiger charge is 2.31. The molecule has 4 amide bonds. The van der Waals surface area contributed by atoms with Gasteiger partial charge in [0.25, 0.3) is 0 Å². The van der Waals surface area contributed by atoms with Crippen molar-refractivity contribution in [1.29, 1.82) is 0 Å². The van der Waals surface area contributed by atoms with Crippen LogP contribution >= 0.6 is 0 Å². The Labute approximate surface area is 153 Å². The summed E-state index contributed by atoms with van der Waals surface area (Å²) >= 11 is 0. The van der Waals surface area contributed by atoms with Gasteiger partial charge in [-0.1, -0.05) is 17.7 Å². The van der Waals surface area contributed by atoms with Crippen LogP contribution in [0, 0.1) is 6.92 Å². The van der Waals surface area contributed by atoms with E-state index in [1.165, 1.54) is 0 Å². The number of nitrogens with one attached hydrogen (secondary N) is 2. The molecule has 0 aromatic heterocycles. The van der Waals surface area contributed by atoms with Crippen LogP contribution in [0.2, 0.25) is 0 Å². The lowest BCUT2D eigenvalue weighted by molar-refractivity contribution is -0.127. The van der Waals surface area contributed by atoms with Gasteiger partial charge in [-0.3, -0.25) is 9.59 Å². The molecule has 0 spiro atoms. The molecule has 0 aliphatic carbocycles. The lowest BCUT2D eigenvalue weighted by Crippen LogP contribution is -2.44. The molecule has 26 heavy (non-hydrogen) atoms. The van der Waals surface area contributed by atoms with E-state index in [0.717, 1.165) is 30.6 Å². The number of nitrogens with zero attached hydrogens (tertiary/aromatic N) is 2. The van der Waals surface area contributed by atoms with E-state index in [2.05, 4.69) is 10.6 Å². The molecule has 0 bridgehead atoms. The Morgan fingerprint density at radius 1 is 1.19 bits per heavy atom. The fraction of sp³-hybridized carbons (Fsp3) is 0.526. The molecule has 7 heteroatoms. The molecule has 2 aliphatic heterocycles. The number of urea groups is 1. The number of anilines is 1. The number of benzene rings is 1.